The molecule has 0 unspecified atom stereocenters. The van der Waals surface area contributed by atoms with Crippen LogP contribution in [0.4, 0.5) is 13.2 Å². The van der Waals surface area contributed by atoms with Gasteiger partial charge in [0.25, 0.3) is 5.56 Å². The van der Waals surface area contributed by atoms with Crippen molar-refractivity contribution in [1.82, 2.24) is 9.97 Å². The van der Waals surface area contributed by atoms with Crippen molar-refractivity contribution in [3.05, 3.63) is 70.3 Å². The van der Waals surface area contributed by atoms with Gasteiger partial charge in [0.2, 0.25) is 5.78 Å². The molecule has 5 nitrogen and oxygen atoms in total. The molecule has 122 valence electrons. The summed E-state index contributed by atoms with van der Waals surface area (Å²) in [6.07, 6.45) is -4.81. The van der Waals surface area contributed by atoms with Gasteiger partial charge in [-0.1, -0.05) is 12.1 Å². The highest BCUT2D eigenvalue weighted by molar-refractivity contribution is 6.07. The number of hydrogen-bond donors (Lipinski definition) is 1. The topological polar surface area (TPSA) is 72.0 Å². The van der Waals surface area contributed by atoms with Crippen molar-refractivity contribution in [2.45, 2.75) is 6.36 Å². The van der Waals surface area contributed by atoms with Gasteiger partial charge < -0.3 is 9.72 Å². The van der Waals surface area contributed by atoms with Crippen molar-refractivity contribution in [3.63, 3.8) is 0 Å². The number of ether oxygens (including phenoxy) is 1. The maximum Gasteiger partial charge on any atom is 0.573 e. The van der Waals surface area contributed by atoms with Crippen LogP contribution in [-0.2, 0) is 0 Å². The molecule has 3 aromatic rings. The van der Waals surface area contributed by atoms with Gasteiger partial charge in [-0.3, -0.25) is 9.59 Å². The normalized spacial score (nSPS) is 11.5. The minimum absolute atomic E-state index is 0.0722. The van der Waals surface area contributed by atoms with Crippen molar-refractivity contribution in [3.8, 4) is 5.75 Å². The molecule has 0 bridgehead atoms. The molecule has 0 atom stereocenters. The average Bonchev–Trinajstić information content (AvgIpc) is 2.53. The van der Waals surface area contributed by atoms with E-state index in [0.29, 0.717) is 10.9 Å². The summed E-state index contributed by atoms with van der Waals surface area (Å²) in [6.45, 7) is 0. The van der Waals surface area contributed by atoms with Crippen LogP contribution in [0.3, 0.4) is 0 Å². The van der Waals surface area contributed by atoms with E-state index in [9.17, 15) is 22.8 Å². The van der Waals surface area contributed by atoms with Crippen LogP contribution < -0.4 is 10.3 Å². The summed E-state index contributed by atoms with van der Waals surface area (Å²) in [5.74, 6) is -1.25. The second-order valence-corrected chi connectivity index (χ2v) is 4.83. The molecule has 0 saturated carbocycles. The Bertz CT molecular complexity index is 963. The van der Waals surface area contributed by atoms with Crippen molar-refractivity contribution in [2.75, 3.05) is 0 Å². The highest BCUT2D eigenvalue weighted by Gasteiger charge is 2.31. The Morgan fingerprint density at radius 1 is 1.04 bits per heavy atom. The smallest absolute Gasteiger partial charge is 0.406 e. The Hall–Kier alpha value is -3.16. The van der Waals surface area contributed by atoms with Crippen LogP contribution in [0.25, 0.3) is 10.9 Å². The molecular weight excluding hydrogens is 325 g/mol. The number of carbonyl (C=O) groups is 1. The first-order valence-electron chi connectivity index (χ1n) is 6.73. The Kier molecular flexibility index (Phi) is 3.80. The average molecular weight is 334 g/mol. The molecule has 0 spiro atoms. The first-order valence-corrected chi connectivity index (χ1v) is 6.73. The maximum atomic E-state index is 12.3. The number of fused-ring (bicyclic) bond motifs is 1. The number of nitrogens with one attached hydrogen (secondary N) is 1. The second-order valence-electron chi connectivity index (χ2n) is 4.83. The zero-order chi connectivity index (χ0) is 17.3. The fourth-order valence-electron chi connectivity index (χ4n) is 2.14. The predicted molar refractivity (Wildman–Crippen MR) is 78.9 cm³/mol. The predicted octanol–water partition coefficient (Wildman–Crippen LogP) is 3.05. The molecule has 0 radical (unpaired) electrons. The van der Waals surface area contributed by atoms with Gasteiger partial charge in [-0.25, -0.2) is 4.98 Å². The Morgan fingerprint density at radius 3 is 2.38 bits per heavy atom. The minimum Gasteiger partial charge on any atom is -0.406 e. The fraction of sp³-hybridized carbons (Fsp3) is 0.0625. The molecule has 0 saturated heterocycles. The monoisotopic (exact) mass is 334 g/mol. The summed E-state index contributed by atoms with van der Waals surface area (Å²) in [7, 11) is 0. The van der Waals surface area contributed by atoms with Gasteiger partial charge >= 0.3 is 6.36 Å². The van der Waals surface area contributed by atoms with E-state index in [4.69, 9.17) is 0 Å². The van der Waals surface area contributed by atoms with E-state index < -0.39 is 23.5 Å². The lowest BCUT2D eigenvalue weighted by Crippen LogP contribution is -2.18. The standard InChI is InChI=1S/C16H9F3N2O3/c17-16(18,19)24-10-7-5-9(6-8-10)13(22)14-20-12-4-2-1-3-11(12)15(23)21-14/h1-8H,(H,20,21,23). The molecule has 1 aromatic heterocycles. The number of rotatable bonds is 3. The van der Waals surface area contributed by atoms with E-state index in [1.807, 2.05) is 0 Å². The number of nitrogens with zero attached hydrogens (tertiary/aromatic N) is 1. The summed E-state index contributed by atoms with van der Waals surface area (Å²) in [5, 5.41) is 0.336. The number of alkyl halides is 3. The second kappa shape index (κ2) is 5.80. The van der Waals surface area contributed by atoms with E-state index >= 15 is 0 Å². The van der Waals surface area contributed by atoms with Gasteiger partial charge in [0.15, 0.2) is 5.82 Å². The number of H-pyrrole nitrogens is 1. The van der Waals surface area contributed by atoms with Crippen molar-refractivity contribution < 1.29 is 22.7 Å². The molecule has 0 aliphatic heterocycles. The first kappa shape index (κ1) is 15.7. The van der Waals surface area contributed by atoms with E-state index in [2.05, 4.69) is 14.7 Å². The third kappa shape index (κ3) is 3.27. The van der Waals surface area contributed by atoms with Gasteiger partial charge in [-0.2, -0.15) is 0 Å². The fourth-order valence-corrected chi connectivity index (χ4v) is 2.14. The van der Waals surface area contributed by atoms with Gasteiger partial charge in [0, 0.05) is 5.56 Å². The highest BCUT2D eigenvalue weighted by Crippen LogP contribution is 2.23. The molecule has 8 heteroatoms. The number of para-hydroxylation sites is 1. The van der Waals surface area contributed by atoms with E-state index in [0.717, 1.165) is 12.1 Å². The third-order valence-corrected chi connectivity index (χ3v) is 3.18. The summed E-state index contributed by atoms with van der Waals surface area (Å²) in [6, 6.07) is 10.9. The van der Waals surface area contributed by atoms with Crippen LogP contribution in [0.1, 0.15) is 16.2 Å². The molecule has 2 aromatic carbocycles. The van der Waals surface area contributed by atoms with Crippen LogP contribution in [0.15, 0.2) is 53.3 Å². The van der Waals surface area contributed by atoms with E-state index in [-0.39, 0.29) is 11.4 Å². The van der Waals surface area contributed by atoms with Gasteiger partial charge in [-0.05, 0) is 36.4 Å². The van der Waals surface area contributed by atoms with Crippen LogP contribution in [0.5, 0.6) is 5.75 Å². The zero-order valence-electron chi connectivity index (χ0n) is 11.9. The SMILES string of the molecule is O=C(c1ccc(OC(F)(F)F)cc1)c1nc2ccccc2c(=O)[nH]1. The molecule has 24 heavy (non-hydrogen) atoms. The van der Waals surface area contributed by atoms with Crippen LogP contribution in [0, 0.1) is 0 Å². The minimum atomic E-state index is -4.81. The number of halogens is 3. The summed E-state index contributed by atoms with van der Waals surface area (Å²) in [5.41, 5.74) is -0.0504. The van der Waals surface area contributed by atoms with Crippen molar-refractivity contribution >= 4 is 16.7 Å². The summed E-state index contributed by atoms with van der Waals surface area (Å²) < 4.78 is 40.1. The van der Waals surface area contributed by atoms with Crippen LogP contribution in [0.2, 0.25) is 0 Å². The molecular formula is C16H9F3N2O3. The van der Waals surface area contributed by atoms with Crippen molar-refractivity contribution in [1.29, 1.82) is 0 Å². The lowest BCUT2D eigenvalue weighted by Gasteiger charge is -2.09. The van der Waals surface area contributed by atoms with Crippen molar-refractivity contribution in [2.24, 2.45) is 0 Å². The van der Waals surface area contributed by atoms with E-state index in [1.54, 1.807) is 24.3 Å². The zero-order valence-corrected chi connectivity index (χ0v) is 11.9. The largest absolute Gasteiger partial charge is 0.573 e. The quantitative estimate of drug-likeness (QED) is 0.747. The van der Waals surface area contributed by atoms with Gasteiger partial charge in [-0.15, -0.1) is 13.2 Å². The summed E-state index contributed by atoms with van der Waals surface area (Å²) in [4.78, 5) is 30.7. The summed E-state index contributed by atoms with van der Waals surface area (Å²) >= 11 is 0. The first-order chi connectivity index (χ1) is 11.3. The molecule has 3 rings (SSSR count). The number of aromatic amines is 1. The molecule has 0 fully saturated rings. The molecule has 1 heterocycles. The number of benzene rings is 2. The van der Waals surface area contributed by atoms with Gasteiger partial charge in [0.1, 0.15) is 5.75 Å². The van der Waals surface area contributed by atoms with E-state index in [1.165, 1.54) is 12.1 Å². The lowest BCUT2D eigenvalue weighted by atomic mass is 10.1. The Labute approximate surface area is 132 Å². The Morgan fingerprint density at radius 2 is 1.71 bits per heavy atom. The number of aromatic nitrogens is 2. The number of carbonyl (C=O) groups excluding carboxylic acids is 1. The number of ketones is 1. The molecule has 1 N–H and O–H groups in total. The highest BCUT2D eigenvalue weighted by atomic mass is 19.4. The number of hydrogen-bond acceptors (Lipinski definition) is 4. The molecule has 0 amide bonds. The van der Waals surface area contributed by atoms with Gasteiger partial charge in [0.05, 0.1) is 10.9 Å². The maximum absolute atomic E-state index is 12.3. The Balaban J connectivity index is 1.93. The molecule has 0 aliphatic carbocycles. The van der Waals surface area contributed by atoms with Crippen LogP contribution >= 0.6 is 0 Å². The third-order valence-electron chi connectivity index (χ3n) is 3.18. The molecule has 0 aliphatic rings. The van der Waals surface area contributed by atoms with Crippen LogP contribution in [-0.4, -0.2) is 22.1 Å². The lowest BCUT2D eigenvalue weighted by molar-refractivity contribution is -0.274.